The topological polar surface area (TPSA) is 122 Å². The molecule has 0 aromatic heterocycles. The van der Waals surface area contributed by atoms with Crippen molar-refractivity contribution in [2.75, 3.05) is 25.6 Å². The van der Waals surface area contributed by atoms with Crippen molar-refractivity contribution in [1.29, 1.82) is 0 Å². The molecule has 0 amide bonds. The molecule has 1 aromatic rings. The van der Waals surface area contributed by atoms with Gasteiger partial charge in [0.1, 0.15) is 5.69 Å². The third-order valence-corrected chi connectivity index (χ3v) is 2.66. The van der Waals surface area contributed by atoms with Gasteiger partial charge in [0.2, 0.25) is 0 Å². The lowest BCUT2D eigenvalue weighted by Crippen LogP contribution is -2.27. The Morgan fingerprint density at radius 3 is 2.75 bits per heavy atom. The molecule has 0 saturated heterocycles. The number of para-hydroxylation sites is 1. The van der Waals surface area contributed by atoms with Gasteiger partial charge in [0.05, 0.1) is 23.1 Å². The molecule has 0 radical (unpaired) electrons. The zero-order chi connectivity index (χ0) is 15.1. The normalized spacial score (nSPS) is 11.9. The Morgan fingerprint density at radius 1 is 1.55 bits per heavy atom. The van der Waals surface area contributed by atoms with E-state index >= 15 is 0 Å². The first-order chi connectivity index (χ1) is 9.51. The van der Waals surface area contributed by atoms with Crippen LogP contribution in [-0.2, 0) is 4.74 Å². The SMILES string of the molecule is COCC(CCO)Nc1c(C(=O)O)cccc1[N+](=O)[O-]. The average Bonchev–Trinajstić information content (AvgIpc) is 2.39. The van der Waals surface area contributed by atoms with Crippen LogP contribution in [0.15, 0.2) is 18.2 Å². The lowest BCUT2D eigenvalue weighted by Gasteiger charge is -2.19. The van der Waals surface area contributed by atoms with Crippen molar-refractivity contribution < 1.29 is 24.7 Å². The lowest BCUT2D eigenvalue weighted by molar-refractivity contribution is -0.384. The minimum Gasteiger partial charge on any atom is -0.478 e. The molecule has 1 unspecified atom stereocenters. The maximum absolute atomic E-state index is 11.2. The van der Waals surface area contributed by atoms with Crippen LogP contribution in [0, 0.1) is 10.1 Å². The molecule has 0 aliphatic carbocycles. The van der Waals surface area contributed by atoms with Gasteiger partial charge in [-0.3, -0.25) is 10.1 Å². The van der Waals surface area contributed by atoms with Crippen molar-refractivity contribution in [1.82, 2.24) is 0 Å². The third kappa shape index (κ3) is 3.90. The zero-order valence-electron chi connectivity index (χ0n) is 10.9. The van der Waals surface area contributed by atoms with Gasteiger partial charge >= 0.3 is 5.97 Å². The van der Waals surface area contributed by atoms with E-state index in [1.54, 1.807) is 0 Å². The summed E-state index contributed by atoms with van der Waals surface area (Å²) in [6.45, 7) is 0.0374. The highest BCUT2D eigenvalue weighted by molar-refractivity contribution is 5.96. The second-order valence-electron chi connectivity index (χ2n) is 4.07. The molecular formula is C12H16N2O6. The number of benzene rings is 1. The molecule has 0 saturated carbocycles. The second kappa shape index (κ2) is 7.41. The minimum absolute atomic E-state index is 0.0829. The number of carboxylic acids is 1. The summed E-state index contributed by atoms with van der Waals surface area (Å²) in [4.78, 5) is 21.5. The Hall–Kier alpha value is -2.19. The minimum atomic E-state index is -1.27. The van der Waals surface area contributed by atoms with Crippen LogP contribution in [0.4, 0.5) is 11.4 Å². The van der Waals surface area contributed by atoms with Gasteiger partial charge in [-0.25, -0.2) is 4.79 Å². The van der Waals surface area contributed by atoms with Gasteiger partial charge in [-0.2, -0.15) is 0 Å². The second-order valence-corrected chi connectivity index (χ2v) is 4.07. The van der Waals surface area contributed by atoms with E-state index in [4.69, 9.17) is 14.9 Å². The number of nitrogens with zero attached hydrogens (tertiary/aromatic N) is 1. The molecule has 0 bridgehead atoms. The molecule has 1 atom stereocenters. The van der Waals surface area contributed by atoms with Gasteiger partial charge in [0.25, 0.3) is 5.69 Å². The number of nitrogens with one attached hydrogen (secondary N) is 1. The Balaban J connectivity index is 3.18. The monoisotopic (exact) mass is 284 g/mol. The fourth-order valence-electron chi connectivity index (χ4n) is 1.78. The molecule has 8 heteroatoms. The van der Waals surface area contributed by atoms with E-state index < -0.39 is 16.9 Å². The number of carboxylic acid groups (broad SMARTS) is 1. The number of aromatic carboxylic acids is 1. The highest BCUT2D eigenvalue weighted by Crippen LogP contribution is 2.29. The van der Waals surface area contributed by atoms with Gasteiger partial charge < -0.3 is 20.3 Å². The number of hydrogen-bond acceptors (Lipinski definition) is 6. The molecule has 20 heavy (non-hydrogen) atoms. The molecule has 110 valence electrons. The standard InChI is InChI=1S/C12H16N2O6/c1-20-7-8(5-6-15)13-11-9(12(16)17)3-2-4-10(11)14(18)19/h2-4,8,13,15H,5-7H2,1H3,(H,16,17). The van der Waals surface area contributed by atoms with E-state index in [2.05, 4.69) is 5.32 Å². The summed E-state index contributed by atoms with van der Waals surface area (Å²) in [5.74, 6) is -1.27. The quantitative estimate of drug-likeness (QED) is 0.482. The summed E-state index contributed by atoms with van der Waals surface area (Å²) in [6.07, 6.45) is 0.277. The largest absolute Gasteiger partial charge is 0.478 e. The first-order valence-electron chi connectivity index (χ1n) is 5.88. The van der Waals surface area contributed by atoms with E-state index in [1.807, 2.05) is 0 Å². The Kier molecular flexibility index (Phi) is 5.88. The number of methoxy groups -OCH3 is 1. The fraction of sp³-hybridized carbons (Fsp3) is 0.417. The number of aliphatic hydroxyl groups excluding tert-OH is 1. The number of carbonyl (C=O) groups is 1. The number of ether oxygens (including phenoxy) is 1. The van der Waals surface area contributed by atoms with Crippen LogP contribution in [0.1, 0.15) is 16.8 Å². The molecule has 3 N–H and O–H groups in total. The number of aliphatic hydroxyl groups is 1. The Bertz CT molecular complexity index is 453. The summed E-state index contributed by atoms with van der Waals surface area (Å²) in [5.41, 5.74) is -0.609. The summed E-state index contributed by atoms with van der Waals surface area (Å²) < 4.78 is 4.94. The first-order valence-corrected chi connectivity index (χ1v) is 5.88. The van der Waals surface area contributed by atoms with E-state index in [1.165, 1.54) is 25.3 Å². The number of anilines is 1. The highest BCUT2D eigenvalue weighted by atomic mass is 16.6. The highest BCUT2D eigenvalue weighted by Gasteiger charge is 2.23. The number of nitro benzene ring substituents is 1. The molecule has 0 spiro atoms. The predicted molar refractivity (Wildman–Crippen MR) is 71.0 cm³/mol. The van der Waals surface area contributed by atoms with Gasteiger partial charge in [0.15, 0.2) is 0 Å². The van der Waals surface area contributed by atoms with Crippen molar-refractivity contribution >= 4 is 17.3 Å². The van der Waals surface area contributed by atoms with Crippen molar-refractivity contribution in [2.45, 2.75) is 12.5 Å². The van der Waals surface area contributed by atoms with E-state index in [9.17, 15) is 14.9 Å². The average molecular weight is 284 g/mol. The summed E-state index contributed by atoms with van der Waals surface area (Å²) >= 11 is 0. The zero-order valence-corrected chi connectivity index (χ0v) is 10.9. The summed E-state index contributed by atoms with van der Waals surface area (Å²) in [5, 5.41) is 31.8. The van der Waals surface area contributed by atoms with Crippen molar-refractivity contribution in [3.63, 3.8) is 0 Å². The Morgan fingerprint density at radius 2 is 2.25 bits per heavy atom. The number of hydrogen-bond donors (Lipinski definition) is 3. The molecule has 1 rings (SSSR count). The molecule has 8 nitrogen and oxygen atoms in total. The van der Waals surface area contributed by atoms with Gasteiger partial charge in [0, 0.05) is 19.8 Å². The maximum Gasteiger partial charge on any atom is 0.338 e. The van der Waals surface area contributed by atoms with Crippen LogP contribution in [-0.4, -0.2) is 47.5 Å². The van der Waals surface area contributed by atoms with Gasteiger partial charge in [-0.05, 0) is 12.5 Å². The van der Waals surface area contributed by atoms with E-state index in [-0.39, 0.29) is 36.6 Å². The summed E-state index contributed by atoms with van der Waals surface area (Å²) in [7, 11) is 1.45. The van der Waals surface area contributed by atoms with Crippen LogP contribution < -0.4 is 5.32 Å². The van der Waals surface area contributed by atoms with Gasteiger partial charge in [-0.15, -0.1) is 0 Å². The number of rotatable bonds is 8. The Labute approximate surface area is 115 Å². The van der Waals surface area contributed by atoms with Crippen LogP contribution in [0.2, 0.25) is 0 Å². The molecular weight excluding hydrogens is 268 g/mol. The molecule has 1 aromatic carbocycles. The number of nitro groups is 1. The van der Waals surface area contributed by atoms with E-state index in [0.717, 1.165) is 0 Å². The van der Waals surface area contributed by atoms with Crippen LogP contribution in [0.5, 0.6) is 0 Å². The third-order valence-electron chi connectivity index (χ3n) is 2.66. The first kappa shape index (κ1) is 15.9. The predicted octanol–water partition coefficient (Wildman–Crippen LogP) is 1.10. The molecule has 0 aliphatic heterocycles. The van der Waals surface area contributed by atoms with Gasteiger partial charge in [-0.1, -0.05) is 6.07 Å². The van der Waals surface area contributed by atoms with Crippen molar-refractivity contribution in [3.8, 4) is 0 Å². The van der Waals surface area contributed by atoms with Crippen LogP contribution >= 0.6 is 0 Å². The smallest absolute Gasteiger partial charge is 0.338 e. The fourth-order valence-corrected chi connectivity index (χ4v) is 1.78. The van der Waals surface area contributed by atoms with Crippen LogP contribution in [0.25, 0.3) is 0 Å². The van der Waals surface area contributed by atoms with Crippen LogP contribution in [0.3, 0.4) is 0 Å². The molecule has 0 heterocycles. The summed E-state index contributed by atoms with van der Waals surface area (Å²) in [6, 6.07) is 3.38. The molecule has 0 fully saturated rings. The maximum atomic E-state index is 11.2. The van der Waals surface area contributed by atoms with Crippen molar-refractivity contribution in [3.05, 3.63) is 33.9 Å². The van der Waals surface area contributed by atoms with E-state index in [0.29, 0.717) is 0 Å². The van der Waals surface area contributed by atoms with Crippen molar-refractivity contribution in [2.24, 2.45) is 0 Å². The lowest BCUT2D eigenvalue weighted by atomic mass is 10.1. The molecule has 0 aliphatic rings.